The first-order valence-electron chi connectivity index (χ1n) is 4.82. The summed E-state index contributed by atoms with van der Waals surface area (Å²) in [6.07, 6.45) is 3.57. The van der Waals surface area contributed by atoms with Gasteiger partial charge in [-0.3, -0.25) is 4.68 Å². The predicted octanol–water partition coefficient (Wildman–Crippen LogP) is 1.72. The highest BCUT2D eigenvalue weighted by Gasteiger charge is 2.13. The summed E-state index contributed by atoms with van der Waals surface area (Å²) in [4.78, 5) is 15.6. The maximum Gasteiger partial charge on any atom is 0.357 e. The van der Waals surface area contributed by atoms with Gasteiger partial charge in [0.1, 0.15) is 5.01 Å². The molecule has 0 atom stereocenters. The van der Waals surface area contributed by atoms with Crippen molar-refractivity contribution >= 4 is 17.3 Å². The molecular weight excluding hydrogens is 226 g/mol. The molecule has 6 heteroatoms. The summed E-state index contributed by atoms with van der Waals surface area (Å²) >= 11 is 1.40. The molecule has 84 valence electrons. The van der Waals surface area contributed by atoms with Crippen LogP contribution in [-0.2, 0) is 11.8 Å². The van der Waals surface area contributed by atoms with E-state index in [-0.39, 0.29) is 5.97 Å². The lowest BCUT2D eigenvalue weighted by atomic mass is 10.4. The van der Waals surface area contributed by atoms with Crippen LogP contribution in [0.15, 0.2) is 17.8 Å². The molecule has 0 radical (unpaired) electrons. The van der Waals surface area contributed by atoms with Crippen LogP contribution in [0.4, 0.5) is 0 Å². The molecule has 0 bridgehead atoms. The van der Waals surface area contributed by atoms with Crippen LogP contribution in [0, 0.1) is 0 Å². The van der Waals surface area contributed by atoms with Crippen LogP contribution >= 0.6 is 11.3 Å². The number of aromatic nitrogens is 3. The van der Waals surface area contributed by atoms with E-state index in [4.69, 9.17) is 4.74 Å². The third kappa shape index (κ3) is 2.11. The number of ether oxygens (including phenoxy) is 1. The van der Waals surface area contributed by atoms with Crippen LogP contribution < -0.4 is 0 Å². The van der Waals surface area contributed by atoms with E-state index in [1.807, 2.05) is 13.2 Å². The molecule has 0 saturated carbocycles. The standard InChI is InChI=1S/C10H11N3O2S/c1-3-15-10(14)8-6-16-9(12-8)7-4-11-13(2)5-7/h4-6H,3H2,1-2H3. The third-order valence-corrected chi connectivity index (χ3v) is 2.83. The zero-order valence-electron chi connectivity index (χ0n) is 9.01. The number of esters is 1. The van der Waals surface area contributed by atoms with E-state index in [1.54, 1.807) is 23.2 Å². The molecular formula is C10H11N3O2S. The monoisotopic (exact) mass is 237 g/mol. The smallest absolute Gasteiger partial charge is 0.357 e. The molecule has 0 unspecified atom stereocenters. The van der Waals surface area contributed by atoms with Crippen molar-refractivity contribution in [3.8, 4) is 10.6 Å². The molecule has 2 heterocycles. The molecule has 0 aliphatic rings. The summed E-state index contributed by atoms with van der Waals surface area (Å²) < 4.78 is 6.56. The van der Waals surface area contributed by atoms with Crippen molar-refractivity contribution in [1.29, 1.82) is 0 Å². The number of hydrogen-bond donors (Lipinski definition) is 0. The van der Waals surface area contributed by atoms with Gasteiger partial charge in [0, 0.05) is 24.2 Å². The molecule has 2 aromatic rings. The zero-order valence-corrected chi connectivity index (χ0v) is 9.82. The van der Waals surface area contributed by atoms with Crippen molar-refractivity contribution in [3.05, 3.63) is 23.5 Å². The fraction of sp³-hybridized carbons (Fsp3) is 0.300. The second-order valence-corrected chi connectivity index (χ2v) is 4.02. The lowest BCUT2D eigenvalue weighted by Crippen LogP contribution is -2.04. The second-order valence-electron chi connectivity index (χ2n) is 3.16. The van der Waals surface area contributed by atoms with Gasteiger partial charge < -0.3 is 4.74 Å². The highest BCUT2D eigenvalue weighted by molar-refractivity contribution is 7.13. The number of thiazole rings is 1. The molecule has 0 aromatic carbocycles. The average molecular weight is 237 g/mol. The first-order valence-corrected chi connectivity index (χ1v) is 5.70. The summed E-state index contributed by atoms with van der Waals surface area (Å²) in [5, 5.41) is 6.52. The van der Waals surface area contributed by atoms with Gasteiger partial charge in [0.05, 0.1) is 12.8 Å². The van der Waals surface area contributed by atoms with E-state index in [2.05, 4.69) is 10.1 Å². The van der Waals surface area contributed by atoms with Gasteiger partial charge in [-0.2, -0.15) is 5.10 Å². The summed E-state index contributed by atoms with van der Waals surface area (Å²) in [6.45, 7) is 2.13. The Morgan fingerprint density at radius 1 is 1.62 bits per heavy atom. The summed E-state index contributed by atoms with van der Waals surface area (Å²) in [5.74, 6) is -0.381. The third-order valence-electron chi connectivity index (χ3n) is 1.94. The number of hydrogen-bond acceptors (Lipinski definition) is 5. The van der Waals surface area contributed by atoms with E-state index >= 15 is 0 Å². The van der Waals surface area contributed by atoms with Crippen molar-refractivity contribution in [3.63, 3.8) is 0 Å². The van der Waals surface area contributed by atoms with Crippen molar-refractivity contribution in [2.24, 2.45) is 7.05 Å². The molecule has 2 aromatic heterocycles. The Kier molecular flexibility index (Phi) is 3.00. The Morgan fingerprint density at radius 2 is 2.44 bits per heavy atom. The maximum absolute atomic E-state index is 11.4. The van der Waals surface area contributed by atoms with Crippen LogP contribution in [0.3, 0.4) is 0 Å². The minimum atomic E-state index is -0.381. The van der Waals surface area contributed by atoms with Gasteiger partial charge in [0.2, 0.25) is 0 Å². The molecule has 16 heavy (non-hydrogen) atoms. The molecule has 0 fully saturated rings. The highest BCUT2D eigenvalue weighted by Crippen LogP contribution is 2.23. The van der Waals surface area contributed by atoms with Crippen molar-refractivity contribution in [1.82, 2.24) is 14.8 Å². The molecule has 2 rings (SSSR count). The molecule has 0 aliphatic carbocycles. The minimum Gasteiger partial charge on any atom is -0.461 e. The molecule has 0 amide bonds. The van der Waals surface area contributed by atoms with Crippen LogP contribution in [0.2, 0.25) is 0 Å². The molecule has 5 nitrogen and oxygen atoms in total. The predicted molar refractivity (Wildman–Crippen MR) is 60.3 cm³/mol. The van der Waals surface area contributed by atoms with Crippen LogP contribution in [0.25, 0.3) is 10.6 Å². The van der Waals surface area contributed by atoms with Gasteiger partial charge >= 0.3 is 5.97 Å². The van der Waals surface area contributed by atoms with Crippen molar-refractivity contribution in [2.75, 3.05) is 6.61 Å². The summed E-state index contributed by atoms with van der Waals surface area (Å²) in [6, 6.07) is 0. The fourth-order valence-electron chi connectivity index (χ4n) is 1.24. The quantitative estimate of drug-likeness (QED) is 0.763. The van der Waals surface area contributed by atoms with Crippen molar-refractivity contribution < 1.29 is 9.53 Å². The molecule has 0 spiro atoms. The SMILES string of the molecule is CCOC(=O)c1csc(-c2cnn(C)c2)n1. The van der Waals surface area contributed by atoms with E-state index in [0.29, 0.717) is 12.3 Å². The van der Waals surface area contributed by atoms with Gasteiger partial charge in [-0.25, -0.2) is 9.78 Å². The van der Waals surface area contributed by atoms with E-state index in [1.165, 1.54) is 11.3 Å². The summed E-state index contributed by atoms with van der Waals surface area (Å²) in [7, 11) is 1.84. The minimum absolute atomic E-state index is 0.353. The molecule has 0 N–H and O–H groups in total. The lowest BCUT2D eigenvalue weighted by Gasteiger charge is -1.95. The summed E-state index contributed by atoms with van der Waals surface area (Å²) in [5.41, 5.74) is 1.26. The number of carbonyl (C=O) groups is 1. The van der Waals surface area contributed by atoms with E-state index in [0.717, 1.165) is 10.6 Å². The van der Waals surface area contributed by atoms with Gasteiger partial charge in [-0.1, -0.05) is 0 Å². The lowest BCUT2D eigenvalue weighted by molar-refractivity contribution is 0.0520. The topological polar surface area (TPSA) is 57.0 Å². The largest absolute Gasteiger partial charge is 0.461 e. The maximum atomic E-state index is 11.4. The van der Waals surface area contributed by atoms with E-state index < -0.39 is 0 Å². The van der Waals surface area contributed by atoms with Gasteiger partial charge in [0.25, 0.3) is 0 Å². The van der Waals surface area contributed by atoms with Gasteiger partial charge in [0.15, 0.2) is 5.69 Å². The normalized spacial score (nSPS) is 10.4. The number of rotatable bonds is 3. The van der Waals surface area contributed by atoms with Crippen LogP contribution in [0.1, 0.15) is 17.4 Å². The average Bonchev–Trinajstić information content (AvgIpc) is 2.85. The number of carbonyl (C=O) groups excluding carboxylic acids is 1. The molecule has 0 saturated heterocycles. The van der Waals surface area contributed by atoms with E-state index in [9.17, 15) is 4.79 Å². The Labute approximate surface area is 96.7 Å². The van der Waals surface area contributed by atoms with Crippen LogP contribution in [-0.4, -0.2) is 27.3 Å². The van der Waals surface area contributed by atoms with Crippen molar-refractivity contribution in [2.45, 2.75) is 6.92 Å². The Morgan fingerprint density at radius 3 is 3.06 bits per heavy atom. The first kappa shape index (κ1) is 10.8. The zero-order chi connectivity index (χ0) is 11.5. The number of aryl methyl sites for hydroxylation is 1. The second kappa shape index (κ2) is 4.44. The van der Waals surface area contributed by atoms with Crippen LogP contribution in [0.5, 0.6) is 0 Å². The van der Waals surface area contributed by atoms with Gasteiger partial charge in [-0.05, 0) is 6.92 Å². The molecule has 0 aliphatic heterocycles. The Hall–Kier alpha value is -1.69. The fourth-order valence-corrected chi connectivity index (χ4v) is 2.00. The van der Waals surface area contributed by atoms with Gasteiger partial charge in [-0.15, -0.1) is 11.3 Å². The number of nitrogens with zero attached hydrogens (tertiary/aromatic N) is 3. The highest BCUT2D eigenvalue weighted by atomic mass is 32.1. The Bertz CT molecular complexity index is 504. The first-order chi connectivity index (χ1) is 7.70. The Balaban J connectivity index is 2.22.